The molecule has 0 aliphatic carbocycles. The lowest BCUT2D eigenvalue weighted by Crippen LogP contribution is -2.21. The predicted octanol–water partition coefficient (Wildman–Crippen LogP) is 4.46. The highest BCUT2D eigenvalue weighted by atomic mass is 19.3. The number of nitrogens with zero attached hydrogens (tertiary/aromatic N) is 1. The molecule has 0 saturated carbocycles. The van der Waals surface area contributed by atoms with Crippen LogP contribution in [0.5, 0.6) is 11.8 Å². The second-order valence-corrected chi connectivity index (χ2v) is 5.41. The number of methoxy groups -OCH3 is 1. The fraction of sp³-hybridized carbons (Fsp3) is 0.294. The van der Waals surface area contributed by atoms with E-state index in [1.807, 2.05) is 26.0 Å². The maximum atomic E-state index is 12.5. The predicted molar refractivity (Wildman–Crippen MR) is 90.6 cm³/mol. The number of ether oxygens (including phenoxy) is 2. The Morgan fingerprint density at radius 2 is 1.76 bits per heavy atom. The van der Waals surface area contributed by atoms with Crippen LogP contribution in [0.4, 0.5) is 25.0 Å². The third-order valence-corrected chi connectivity index (χ3v) is 3.32. The van der Waals surface area contributed by atoms with Crippen molar-refractivity contribution in [2.45, 2.75) is 26.4 Å². The van der Waals surface area contributed by atoms with E-state index in [9.17, 15) is 13.6 Å². The van der Waals surface area contributed by atoms with Crippen molar-refractivity contribution >= 4 is 17.4 Å². The number of carbonyl (C=O) groups excluding carboxylic acids is 1. The van der Waals surface area contributed by atoms with Crippen molar-refractivity contribution in [3.63, 3.8) is 0 Å². The van der Waals surface area contributed by atoms with Gasteiger partial charge in [0.15, 0.2) is 0 Å². The number of alkyl halides is 2. The molecule has 2 N–H and O–H groups in total. The molecular weight excluding hydrogens is 332 g/mol. The lowest BCUT2D eigenvalue weighted by atomic mass is 10.0. The quantitative estimate of drug-likeness (QED) is 0.806. The smallest absolute Gasteiger partial charge is 0.388 e. The SMILES string of the molecule is COc1ccc(NC(=O)Nc2ccccc2C(C)C)c(OC(F)F)n1. The van der Waals surface area contributed by atoms with Crippen molar-refractivity contribution in [3.05, 3.63) is 42.0 Å². The molecule has 2 aromatic rings. The van der Waals surface area contributed by atoms with Gasteiger partial charge in [-0.25, -0.2) is 4.79 Å². The summed E-state index contributed by atoms with van der Waals surface area (Å²) in [5, 5.41) is 5.15. The zero-order chi connectivity index (χ0) is 18.4. The first-order valence-corrected chi connectivity index (χ1v) is 7.57. The minimum absolute atomic E-state index is 0.000582. The number of anilines is 2. The summed E-state index contributed by atoms with van der Waals surface area (Å²) in [6.07, 6.45) is 0. The van der Waals surface area contributed by atoms with Crippen molar-refractivity contribution in [2.24, 2.45) is 0 Å². The van der Waals surface area contributed by atoms with E-state index in [1.54, 1.807) is 12.1 Å². The van der Waals surface area contributed by atoms with Crippen LogP contribution in [-0.4, -0.2) is 24.7 Å². The third-order valence-electron chi connectivity index (χ3n) is 3.32. The summed E-state index contributed by atoms with van der Waals surface area (Å²) in [4.78, 5) is 16.0. The monoisotopic (exact) mass is 351 g/mol. The maximum Gasteiger partial charge on any atom is 0.388 e. The van der Waals surface area contributed by atoms with Crippen LogP contribution in [0, 0.1) is 0 Å². The first kappa shape index (κ1) is 18.4. The Balaban J connectivity index is 2.18. The number of urea groups is 1. The average Bonchev–Trinajstić information content (AvgIpc) is 2.56. The fourth-order valence-electron chi connectivity index (χ4n) is 2.20. The summed E-state index contributed by atoms with van der Waals surface area (Å²) in [5.74, 6) is -0.134. The molecular formula is C17H19F2N3O3. The Morgan fingerprint density at radius 3 is 2.40 bits per heavy atom. The average molecular weight is 351 g/mol. The van der Waals surface area contributed by atoms with Crippen LogP contribution in [0.15, 0.2) is 36.4 Å². The second-order valence-electron chi connectivity index (χ2n) is 5.41. The summed E-state index contributed by atoms with van der Waals surface area (Å²) >= 11 is 0. The Morgan fingerprint density at radius 1 is 1.08 bits per heavy atom. The molecule has 8 heteroatoms. The maximum absolute atomic E-state index is 12.5. The highest BCUT2D eigenvalue weighted by Crippen LogP contribution is 2.28. The minimum Gasteiger partial charge on any atom is -0.481 e. The van der Waals surface area contributed by atoms with E-state index in [0.717, 1.165) is 5.56 Å². The molecule has 0 unspecified atom stereocenters. The minimum atomic E-state index is -3.08. The van der Waals surface area contributed by atoms with Gasteiger partial charge in [-0.2, -0.15) is 13.8 Å². The van der Waals surface area contributed by atoms with Gasteiger partial charge < -0.3 is 20.1 Å². The molecule has 0 aliphatic heterocycles. The number of benzene rings is 1. The number of amides is 2. The number of hydrogen-bond acceptors (Lipinski definition) is 4. The van der Waals surface area contributed by atoms with Gasteiger partial charge in [-0.15, -0.1) is 0 Å². The first-order chi connectivity index (χ1) is 11.9. The van der Waals surface area contributed by atoms with E-state index in [4.69, 9.17) is 4.74 Å². The zero-order valence-corrected chi connectivity index (χ0v) is 14.0. The molecule has 0 atom stereocenters. The zero-order valence-electron chi connectivity index (χ0n) is 14.0. The Kier molecular flexibility index (Phi) is 6.10. The van der Waals surface area contributed by atoms with Gasteiger partial charge in [-0.05, 0) is 23.6 Å². The Bertz CT molecular complexity index is 739. The fourth-order valence-corrected chi connectivity index (χ4v) is 2.20. The van der Waals surface area contributed by atoms with Crippen molar-refractivity contribution < 1.29 is 23.0 Å². The third kappa shape index (κ3) is 5.03. The highest BCUT2D eigenvalue weighted by molar-refractivity contribution is 6.01. The number of pyridine rings is 1. The molecule has 0 saturated heterocycles. The lowest BCUT2D eigenvalue weighted by molar-refractivity contribution is -0.0525. The standard InChI is InChI=1S/C17H19F2N3O3/c1-10(2)11-6-4-5-7-12(11)20-17(23)21-13-8-9-14(24-3)22-15(13)25-16(18)19/h4-10,16H,1-3H3,(H2,20,21,23). The van der Waals surface area contributed by atoms with Crippen LogP contribution in [0.2, 0.25) is 0 Å². The largest absolute Gasteiger partial charge is 0.481 e. The number of aromatic nitrogens is 1. The van der Waals surface area contributed by atoms with Gasteiger partial charge in [0.2, 0.25) is 11.8 Å². The van der Waals surface area contributed by atoms with Crippen molar-refractivity contribution in [2.75, 3.05) is 17.7 Å². The van der Waals surface area contributed by atoms with Crippen molar-refractivity contribution in [3.8, 4) is 11.8 Å². The Labute approximate surface area is 144 Å². The van der Waals surface area contributed by atoms with E-state index in [-0.39, 0.29) is 17.5 Å². The van der Waals surface area contributed by atoms with Gasteiger partial charge in [0, 0.05) is 11.8 Å². The molecule has 1 heterocycles. The van der Waals surface area contributed by atoms with Gasteiger partial charge in [-0.1, -0.05) is 32.0 Å². The van der Waals surface area contributed by atoms with E-state index in [2.05, 4.69) is 20.4 Å². The van der Waals surface area contributed by atoms with E-state index < -0.39 is 18.5 Å². The summed E-state index contributed by atoms with van der Waals surface area (Å²) < 4.78 is 34.3. The van der Waals surface area contributed by atoms with Gasteiger partial charge in [0.05, 0.1) is 7.11 Å². The van der Waals surface area contributed by atoms with Crippen molar-refractivity contribution in [1.82, 2.24) is 4.98 Å². The number of carbonyl (C=O) groups is 1. The molecule has 1 aromatic carbocycles. The molecule has 2 rings (SSSR count). The van der Waals surface area contributed by atoms with E-state index >= 15 is 0 Å². The molecule has 2 amide bonds. The molecule has 134 valence electrons. The normalized spacial score (nSPS) is 10.7. The van der Waals surface area contributed by atoms with Crippen LogP contribution in [-0.2, 0) is 0 Å². The highest BCUT2D eigenvalue weighted by Gasteiger charge is 2.16. The van der Waals surface area contributed by atoms with Gasteiger partial charge in [0.1, 0.15) is 5.69 Å². The van der Waals surface area contributed by atoms with Gasteiger partial charge in [-0.3, -0.25) is 0 Å². The molecule has 25 heavy (non-hydrogen) atoms. The lowest BCUT2D eigenvalue weighted by Gasteiger charge is -2.15. The van der Waals surface area contributed by atoms with Crippen LogP contribution in [0.1, 0.15) is 25.3 Å². The number of para-hydroxylation sites is 1. The molecule has 0 bridgehead atoms. The summed E-state index contributed by atoms with van der Waals surface area (Å²) in [5.41, 5.74) is 1.59. The topological polar surface area (TPSA) is 72.5 Å². The number of nitrogens with one attached hydrogen (secondary N) is 2. The number of halogens is 2. The second kappa shape index (κ2) is 8.27. The van der Waals surface area contributed by atoms with Crippen molar-refractivity contribution in [1.29, 1.82) is 0 Å². The first-order valence-electron chi connectivity index (χ1n) is 7.57. The number of rotatable bonds is 6. The molecule has 0 radical (unpaired) electrons. The molecule has 0 spiro atoms. The molecule has 0 aliphatic rings. The van der Waals surface area contributed by atoms with E-state index in [1.165, 1.54) is 19.2 Å². The summed E-state index contributed by atoms with van der Waals surface area (Å²) in [6, 6.07) is 9.53. The van der Waals surface area contributed by atoms with Gasteiger partial charge >= 0.3 is 12.6 Å². The summed E-state index contributed by atoms with van der Waals surface area (Å²) in [7, 11) is 1.34. The van der Waals surface area contributed by atoms with E-state index in [0.29, 0.717) is 5.69 Å². The molecule has 1 aromatic heterocycles. The van der Waals surface area contributed by atoms with Crippen LogP contribution < -0.4 is 20.1 Å². The van der Waals surface area contributed by atoms with Crippen LogP contribution in [0.25, 0.3) is 0 Å². The van der Waals surface area contributed by atoms with Gasteiger partial charge in [0.25, 0.3) is 0 Å². The Hall–Kier alpha value is -2.90. The van der Waals surface area contributed by atoms with Crippen LogP contribution in [0.3, 0.4) is 0 Å². The summed E-state index contributed by atoms with van der Waals surface area (Å²) in [6.45, 7) is 0.922. The molecule has 0 fully saturated rings. The van der Waals surface area contributed by atoms with Crippen LogP contribution >= 0.6 is 0 Å². The number of hydrogen-bond donors (Lipinski definition) is 2. The molecule has 6 nitrogen and oxygen atoms in total.